The molecule has 2 fully saturated rings. The lowest BCUT2D eigenvalue weighted by molar-refractivity contribution is -0.134. The number of hydrogen-bond acceptors (Lipinski definition) is 2. The molecule has 23 heavy (non-hydrogen) atoms. The zero-order valence-corrected chi connectivity index (χ0v) is 14.8. The summed E-state index contributed by atoms with van der Waals surface area (Å²) in [5, 5.41) is 2.85. The molecule has 1 heterocycles. The van der Waals surface area contributed by atoms with Crippen molar-refractivity contribution in [2.45, 2.75) is 44.6 Å². The predicted octanol–water partition coefficient (Wildman–Crippen LogP) is 3.42. The van der Waals surface area contributed by atoms with Crippen LogP contribution in [0.5, 0.6) is 0 Å². The van der Waals surface area contributed by atoms with Gasteiger partial charge in [0.15, 0.2) is 0 Å². The van der Waals surface area contributed by atoms with E-state index in [1.807, 2.05) is 17.0 Å². The van der Waals surface area contributed by atoms with Gasteiger partial charge in [-0.25, -0.2) is 0 Å². The Morgan fingerprint density at radius 3 is 2.70 bits per heavy atom. The molecule has 1 aromatic carbocycles. The van der Waals surface area contributed by atoms with Crippen molar-refractivity contribution < 1.29 is 9.59 Å². The number of carbonyl (C=O) groups excluding carboxylic acids is 2. The Kier molecular flexibility index (Phi) is 5.36. The zero-order chi connectivity index (χ0) is 16.2. The first-order valence-electron chi connectivity index (χ1n) is 8.48. The van der Waals surface area contributed by atoms with Gasteiger partial charge in [-0.15, -0.1) is 0 Å². The Labute approximate surface area is 145 Å². The maximum atomic E-state index is 12.5. The van der Waals surface area contributed by atoms with E-state index in [1.54, 1.807) is 0 Å². The first kappa shape index (κ1) is 16.5. The van der Waals surface area contributed by atoms with Gasteiger partial charge in [0.1, 0.15) is 0 Å². The molecule has 2 aliphatic rings. The highest BCUT2D eigenvalue weighted by Gasteiger charge is 2.30. The lowest BCUT2D eigenvalue weighted by Gasteiger charge is -2.25. The third-order valence-corrected chi connectivity index (χ3v) is 5.44. The summed E-state index contributed by atoms with van der Waals surface area (Å²) in [5.74, 6) is 0.190. The molecule has 0 radical (unpaired) electrons. The molecule has 0 spiro atoms. The van der Waals surface area contributed by atoms with Crippen molar-refractivity contribution >= 4 is 27.7 Å². The molecular formula is C18H23BrN2O2. The number of rotatable bonds is 4. The lowest BCUT2D eigenvalue weighted by atomic mass is 10.0. The predicted molar refractivity (Wildman–Crippen MR) is 92.8 cm³/mol. The number of hydrogen-bond donors (Lipinski definition) is 1. The number of likely N-dealkylation sites (tertiary alicyclic amines) is 1. The van der Waals surface area contributed by atoms with Crippen LogP contribution in [0, 0.1) is 5.92 Å². The van der Waals surface area contributed by atoms with E-state index < -0.39 is 0 Å². The van der Waals surface area contributed by atoms with Gasteiger partial charge in [0.25, 0.3) is 0 Å². The van der Waals surface area contributed by atoms with Crippen LogP contribution in [0.2, 0.25) is 0 Å². The molecule has 2 amide bonds. The van der Waals surface area contributed by atoms with Crippen molar-refractivity contribution in [1.82, 2.24) is 10.2 Å². The van der Waals surface area contributed by atoms with Crippen LogP contribution in [0.1, 0.15) is 50.1 Å². The molecule has 1 aromatic rings. The SMILES string of the molecule is O=C(NCC(=O)N1CCCC1c1cccc(Br)c1)C1CCCC1. The number of carbonyl (C=O) groups is 2. The van der Waals surface area contributed by atoms with Crippen LogP contribution in [-0.2, 0) is 9.59 Å². The molecule has 1 aliphatic carbocycles. The molecule has 1 unspecified atom stereocenters. The van der Waals surface area contributed by atoms with Crippen LogP contribution in [-0.4, -0.2) is 29.8 Å². The Hall–Kier alpha value is -1.36. The van der Waals surface area contributed by atoms with Crippen LogP contribution < -0.4 is 5.32 Å². The number of amides is 2. The molecule has 4 nitrogen and oxygen atoms in total. The standard InChI is InChI=1S/C18H23BrN2O2/c19-15-8-3-7-14(11-15)16-9-4-10-21(16)17(22)12-20-18(23)13-5-1-2-6-13/h3,7-8,11,13,16H,1-2,4-6,9-10,12H2,(H,20,23). The second-order valence-corrected chi connectivity index (χ2v) is 7.42. The van der Waals surface area contributed by atoms with Gasteiger partial charge >= 0.3 is 0 Å². The number of nitrogens with zero attached hydrogens (tertiary/aromatic N) is 1. The summed E-state index contributed by atoms with van der Waals surface area (Å²) in [7, 11) is 0. The second-order valence-electron chi connectivity index (χ2n) is 6.50. The van der Waals surface area contributed by atoms with E-state index in [0.29, 0.717) is 0 Å². The topological polar surface area (TPSA) is 49.4 Å². The van der Waals surface area contributed by atoms with E-state index in [-0.39, 0.29) is 30.3 Å². The Morgan fingerprint density at radius 1 is 1.17 bits per heavy atom. The van der Waals surface area contributed by atoms with Crippen LogP contribution in [0.25, 0.3) is 0 Å². The van der Waals surface area contributed by atoms with Gasteiger partial charge in [-0.2, -0.15) is 0 Å². The lowest BCUT2D eigenvalue weighted by Crippen LogP contribution is -2.41. The summed E-state index contributed by atoms with van der Waals surface area (Å²) in [5.41, 5.74) is 1.16. The van der Waals surface area contributed by atoms with Gasteiger partial charge in [-0.3, -0.25) is 9.59 Å². The normalized spacial score (nSPS) is 21.6. The molecule has 1 atom stereocenters. The fourth-order valence-electron chi connectivity index (χ4n) is 3.72. The quantitative estimate of drug-likeness (QED) is 0.872. The summed E-state index contributed by atoms with van der Waals surface area (Å²) < 4.78 is 1.03. The minimum atomic E-state index is 0.0267. The molecule has 0 aromatic heterocycles. The third-order valence-electron chi connectivity index (χ3n) is 4.95. The van der Waals surface area contributed by atoms with Crippen molar-refractivity contribution in [2.75, 3.05) is 13.1 Å². The second kappa shape index (κ2) is 7.47. The van der Waals surface area contributed by atoms with Gasteiger partial charge < -0.3 is 10.2 Å². The molecular weight excluding hydrogens is 356 g/mol. The van der Waals surface area contributed by atoms with Crippen LogP contribution in [0.3, 0.4) is 0 Å². The Morgan fingerprint density at radius 2 is 1.96 bits per heavy atom. The van der Waals surface area contributed by atoms with Gasteiger partial charge in [0.2, 0.25) is 11.8 Å². The van der Waals surface area contributed by atoms with E-state index in [2.05, 4.69) is 33.4 Å². The fraction of sp³-hybridized carbons (Fsp3) is 0.556. The van der Waals surface area contributed by atoms with E-state index in [0.717, 1.165) is 55.1 Å². The molecule has 0 bridgehead atoms. The summed E-state index contributed by atoms with van der Waals surface area (Å²) in [4.78, 5) is 26.5. The molecule has 1 saturated carbocycles. The van der Waals surface area contributed by atoms with Crippen molar-refractivity contribution in [2.24, 2.45) is 5.92 Å². The van der Waals surface area contributed by atoms with Crippen molar-refractivity contribution in [1.29, 1.82) is 0 Å². The fourth-order valence-corrected chi connectivity index (χ4v) is 4.14. The van der Waals surface area contributed by atoms with Crippen LogP contribution in [0.15, 0.2) is 28.7 Å². The van der Waals surface area contributed by atoms with Crippen molar-refractivity contribution in [3.05, 3.63) is 34.3 Å². The summed E-state index contributed by atoms with van der Waals surface area (Å²) >= 11 is 3.49. The maximum absolute atomic E-state index is 12.5. The smallest absolute Gasteiger partial charge is 0.242 e. The van der Waals surface area contributed by atoms with E-state index in [9.17, 15) is 9.59 Å². The maximum Gasteiger partial charge on any atom is 0.242 e. The van der Waals surface area contributed by atoms with Gasteiger partial charge in [-0.05, 0) is 43.4 Å². The van der Waals surface area contributed by atoms with E-state index in [4.69, 9.17) is 0 Å². The first-order chi connectivity index (χ1) is 11.1. The highest BCUT2D eigenvalue weighted by Crippen LogP contribution is 2.33. The van der Waals surface area contributed by atoms with Crippen molar-refractivity contribution in [3.63, 3.8) is 0 Å². The zero-order valence-electron chi connectivity index (χ0n) is 13.3. The monoisotopic (exact) mass is 378 g/mol. The van der Waals surface area contributed by atoms with Gasteiger partial charge in [0.05, 0.1) is 12.6 Å². The molecule has 3 rings (SSSR count). The van der Waals surface area contributed by atoms with Crippen molar-refractivity contribution in [3.8, 4) is 0 Å². The number of halogens is 1. The third kappa shape index (κ3) is 3.94. The number of nitrogens with one attached hydrogen (secondary N) is 1. The summed E-state index contributed by atoms with van der Waals surface area (Å²) in [6, 6.07) is 8.27. The molecule has 1 aliphatic heterocycles. The average molecular weight is 379 g/mol. The molecule has 1 saturated heterocycles. The molecule has 124 valence electrons. The summed E-state index contributed by atoms with van der Waals surface area (Å²) in [6.07, 6.45) is 6.18. The average Bonchev–Trinajstić information content (AvgIpc) is 3.23. The summed E-state index contributed by atoms with van der Waals surface area (Å²) in [6.45, 7) is 0.898. The Bertz CT molecular complexity index is 584. The molecule has 5 heteroatoms. The van der Waals surface area contributed by atoms with E-state index in [1.165, 1.54) is 0 Å². The minimum Gasteiger partial charge on any atom is -0.347 e. The highest BCUT2D eigenvalue weighted by molar-refractivity contribution is 9.10. The Balaban J connectivity index is 1.58. The first-order valence-corrected chi connectivity index (χ1v) is 9.27. The minimum absolute atomic E-state index is 0.0267. The van der Waals surface area contributed by atoms with Crippen LogP contribution >= 0.6 is 15.9 Å². The van der Waals surface area contributed by atoms with Gasteiger partial charge in [0, 0.05) is 16.9 Å². The van der Waals surface area contributed by atoms with Gasteiger partial charge in [-0.1, -0.05) is 40.9 Å². The number of benzene rings is 1. The van der Waals surface area contributed by atoms with Crippen LogP contribution in [0.4, 0.5) is 0 Å². The largest absolute Gasteiger partial charge is 0.347 e. The van der Waals surface area contributed by atoms with E-state index >= 15 is 0 Å². The molecule has 1 N–H and O–H groups in total. The highest BCUT2D eigenvalue weighted by atomic mass is 79.9.